The predicted octanol–water partition coefficient (Wildman–Crippen LogP) is 4.33. The Morgan fingerprint density at radius 3 is 2.67 bits per heavy atom. The number of nitrogen functional groups attached to an aromatic ring is 1. The Bertz CT molecular complexity index is 824. The van der Waals surface area contributed by atoms with Crippen LogP contribution in [0.1, 0.15) is 24.5 Å². The van der Waals surface area contributed by atoms with Crippen molar-refractivity contribution in [1.29, 1.82) is 0 Å². The molecule has 0 amide bonds. The summed E-state index contributed by atoms with van der Waals surface area (Å²) >= 11 is 0. The third-order valence-electron chi connectivity index (χ3n) is 4.26. The molecule has 3 aromatic rings. The summed E-state index contributed by atoms with van der Waals surface area (Å²) in [4.78, 5) is 3.33. The molecule has 1 heterocycles. The summed E-state index contributed by atoms with van der Waals surface area (Å²) in [6.07, 6.45) is 5.14. The van der Waals surface area contributed by atoms with E-state index in [-0.39, 0.29) is 0 Å². The fourth-order valence-electron chi connectivity index (χ4n) is 3.04. The topological polar surface area (TPSA) is 60.3 Å². The van der Waals surface area contributed by atoms with Crippen LogP contribution in [0.3, 0.4) is 0 Å². The molecule has 3 N–H and O–H groups in total. The first-order valence-corrected chi connectivity index (χ1v) is 8.36. The second-order valence-corrected chi connectivity index (χ2v) is 5.88. The van der Waals surface area contributed by atoms with Crippen LogP contribution in [0.5, 0.6) is 11.5 Å². The number of hydrogen-bond donors (Lipinski definition) is 2. The first-order chi connectivity index (χ1) is 11.7. The van der Waals surface area contributed by atoms with Crippen LogP contribution in [0.2, 0.25) is 0 Å². The summed E-state index contributed by atoms with van der Waals surface area (Å²) < 4.78 is 11.0. The van der Waals surface area contributed by atoms with Gasteiger partial charge < -0.3 is 20.2 Å². The lowest BCUT2D eigenvalue weighted by Gasteiger charge is -2.11. The summed E-state index contributed by atoms with van der Waals surface area (Å²) in [5.74, 6) is 1.78. The van der Waals surface area contributed by atoms with Gasteiger partial charge in [0.05, 0.1) is 13.7 Å². The lowest BCUT2D eigenvalue weighted by Crippen LogP contribution is -1.99. The van der Waals surface area contributed by atoms with Crippen molar-refractivity contribution in [2.24, 2.45) is 0 Å². The van der Waals surface area contributed by atoms with Gasteiger partial charge in [0.1, 0.15) is 11.5 Å². The molecule has 0 saturated heterocycles. The minimum Gasteiger partial charge on any atom is -0.497 e. The second kappa shape index (κ2) is 7.30. The van der Waals surface area contributed by atoms with Gasteiger partial charge in [0.25, 0.3) is 0 Å². The number of nitrogens with one attached hydrogen (secondary N) is 1. The molecule has 4 nitrogen and oxygen atoms in total. The Morgan fingerprint density at radius 1 is 1.04 bits per heavy atom. The number of rotatable bonds is 7. The standard InChI is InChI=1S/C20H24N2O2/c1-3-24-20-11-16(21)8-7-14(20)5-4-6-15-13-22-19-12-17(23-2)9-10-18(15)19/h7-13,22H,3-6,21H2,1-2H3. The van der Waals surface area contributed by atoms with Crippen molar-refractivity contribution < 1.29 is 9.47 Å². The van der Waals surface area contributed by atoms with Crippen LogP contribution in [0.25, 0.3) is 10.9 Å². The molecule has 126 valence electrons. The summed E-state index contributed by atoms with van der Waals surface area (Å²) in [6.45, 7) is 2.65. The molecule has 0 aliphatic rings. The van der Waals surface area contributed by atoms with Crippen molar-refractivity contribution >= 4 is 16.6 Å². The maximum absolute atomic E-state index is 5.86. The molecule has 3 rings (SSSR count). The van der Waals surface area contributed by atoms with Gasteiger partial charge in [-0.1, -0.05) is 6.07 Å². The number of benzene rings is 2. The summed E-state index contributed by atoms with van der Waals surface area (Å²) in [5, 5.41) is 1.26. The summed E-state index contributed by atoms with van der Waals surface area (Å²) in [7, 11) is 1.69. The fourth-order valence-corrected chi connectivity index (χ4v) is 3.04. The van der Waals surface area contributed by atoms with Gasteiger partial charge in [-0.3, -0.25) is 0 Å². The van der Waals surface area contributed by atoms with Gasteiger partial charge in [-0.2, -0.15) is 0 Å². The monoisotopic (exact) mass is 324 g/mol. The van der Waals surface area contributed by atoms with Gasteiger partial charge in [-0.15, -0.1) is 0 Å². The zero-order chi connectivity index (χ0) is 16.9. The van der Waals surface area contributed by atoms with Crippen molar-refractivity contribution in [3.63, 3.8) is 0 Å². The molecule has 2 aromatic carbocycles. The van der Waals surface area contributed by atoms with Crippen molar-refractivity contribution in [3.8, 4) is 11.5 Å². The maximum atomic E-state index is 5.86. The van der Waals surface area contributed by atoms with Crippen LogP contribution < -0.4 is 15.2 Å². The highest BCUT2D eigenvalue weighted by Crippen LogP contribution is 2.26. The van der Waals surface area contributed by atoms with Crippen LogP contribution >= 0.6 is 0 Å². The first-order valence-electron chi connectivity index (χ1n) is 8.36. The molecule has 1 aromatic heterocycles. The smallest absolute Gasteiger partial charge is 0.124 e. The predicted molar refractivity (Wildman–Crippen MR) is 98.9 cm³/mol. The molecule has 0 radical (unpaired) electrons. The quantitative estimate of drug-likeness (QED) is 0.636. The molecule has 0 aliphatic heterocycles. The van der Waals surface area contributed by atoms with E-state index in [1.54, 1.807) is 7.11 Å². The van der Waals surface area contributed by atoms with Gasteiger partial charge in [0.15, 0.2) is 0 Å². The van der Waals surface area contributed by atoms with Gasteiger partial charge in [-0.05, 0) is 55.5 Å². The average Bonchev–Trinajstić information content (AvgIpc) is 2.99. The Hall–Kier alpha value is -2.62. The zero-order valence-electron chi connectivity index (χ0n) is 14.3. The number of hydrogen-bond acceptors (Lipinski definition) is 3. The molecular formula is C20H24N2O2. The highest BCUT2D eigenvalue weighted by Gasteiger charge is 2.07. The Labute approximate surface area is 142 Å². The number of ether oxygens (including phenoxy) is 2. The molecule has 0 bridgehead atoms. The molecule has 0 atom stereocenters. The average molecular weight is 324 g/mol. The fraction of sp³-hybridized carbons (Fsp3) is 0.300. The van der Waals surface area contributed by atoms with E-state index in [4.69, 9.17) is 15.2 Å². The highest BCUT2D eigenvalue weighted by atomic mass is 16.5. The number of fused-ring (bicyclic) bond motifs is 1. The largest absolute Gasteiger partial charge is 0.497 e. The summed E-state index contributed by atoms with van der Waals surface area (Å²) in [6, 6.07) is 12.1. The third kappa shape index (κ3) is 3.48. The first kappa shape index (κ1) is 16.2. The molecule has 0 unspecified atom stereocenters. The van der Waals surface area contributed by atoms with E-state index < -0.39 is 0 Å². The molecule has 0 saturated carbocycles. The Balaban J connectivity index is 1.69. The highest BCUT2D eigenvalue weighted by molar-refractivity contribution is 5.84. The third-order valence-corrected chi connectivity index (χ3v) is 4.26. The summed E-state index contributed by atoms with van der Waals surface area (Å²) in [5.41, 5.74) is 10.3. The number of aryl methyl sites for hydroxylation is 2. The van der Waals surface area contributed by atoms with E-state index in [1.165, 1.54) is 16.5 Å². The SMILES string of the molecule is CCOc1cc(N)ccc1CCCc1c[nH]c2cc(OC)ccc12. The van der Waals surface area contributed by atoms with E-state index in [2.05, 4.69) is 23.3 Å². The van der Waals surface area contributed by atoms with Crippen LogP contribution in [-0.4, -0.2) is 18.7 Å². The molecule has 24 heavy (non-hydrogen) atoms. The van der Waals surface area contributed by atoms with Crippen molar-refractivity contribution in [1.82, 2.24) is 4.98 Å². The van der Waals surface area contributed by atoms with E-state index in [0.29, 0.717) is 6.61 Å². The minimum atomic E-state index is 0.654. The van der Waals surface area contributed by atoms with Crippen LogP contribution in [0.4, 0.5) is 5.69 Å². The molecule has 0 spiro atoms. The van der Waals surface area contributed by atoms with Crippen molar-refractivity contribution in [3.05, 3.63) is 53.7 Å². The van der Waals surface area contributed by atoms with Gasteiger partial charge in [0, 0.05) is 34.9 Å². The zero-order valence-corrected chi connectivity index (χ0v) is 14.3. The number of aromatic amines is 1. The molecule has 4 heteroatoms. The number of methoxy groups -OCH3 is 1. The number of nitrogens with two attached hydrogens (primary N) is 1. The van der Waals surface area contributed by atoms with Crippen LogP contribution in [-0.2, 0) is 12.8 Å². The Kier molecular flexibility index (Phi) is 4.94. The molecular weight excluding hydrogens is 300 g/mol. The van der Waals surface area contributed by atoms with Gasteiger partial charge in [-0.25, -0.2) is 0 Å². The van der Waals surface area contributed by atoms with Gasteiger partial charge >= 0.3 is 0 Å². The van der Waals surface area contributed by atoms with E-state index in [1.807, 2.05) is 31.2 Å². The normalized spacial score (nSPS) is 10.9. The minimum absolute atomic E-state index is 0.654. The Morgan fingerprint density at radius 2 is 1.88 bits per heavy atom. The molecule has 0 fully saturated rings. The van der Waals surface area contributed by atoms with E-state index >= 15 is 0 Å². The lowest BCUT2D eigenvalue weighted by molar-refractivity contribution is 0.336. The van der Waals surface area contributed by atoms with E-state index in [0.717, 1.165) is 42.0 Å². The second-order valence-electron chi connectivity index (χ2n) is 5.88. The number of H-pyrrole nitrogens is 1. The van der Waals surface area contributed by atoms with Crippen molar-refractivity contribution in [2.45, 2.75) is 26.2 Å². The molecule has 0 aliphatic carbocycles. The van der Waals surface area contributed by atoms with Crippen LogP contribution in [0, 0.1) is 0 Å². The number of anilines is 1. The lowest BCUT2D eigenvalue weighted by atomic mass is 10.0. The van der Waals surface area contributed by atoms with E-state index in [9.17, 15) is 0 Å². The maximum Gasteiger partial charge on any atom is 0.124 e. The number of aromatic nitrogens is 1. The van der Waals surface area contributed by atoms with Crippen molar-refractivity contribution in [2.75, 3.05) is 19.5 Å². The van der Waals surface area contributed by atoms with Gasteiger partial charge in [0.2, 0.25) is 0 Å². The van der Waals surface area contributed by atoms with Crippen LogP contribution in [0.15, 0.2) is 42.6 Å².